The highest BCUT2D eigenvalue weighted by atomic mass is 16.2. The van der Waals surface area contributed by atoms with Crippen molar-refractivity contribution in [3.63, 3.8) is 0 Å². The molecule has 0 saturated carbocycles. The Morgan fingerprint density at radius 3 is 2.32 bits per heavy atom. The first kappa shape index (κ1) is 20.9. The maximum absolute atomic E-state index is 12.4. The highest BCUT2D eigenvalue weighted by Crippen LogP contribution is 2.19. The molecule has 0 aliphatic carbocycles. The molecule has 1 saturated heterocycles. The van der Waals surface area contributed by atoms with Gasteiger partial charge in [0.05, 0.1) is 5.69 Å². The summed E-state index contributed by atoms with van der Waals surface area (Å²) in [6.45, 7) is 4.91. The van der Waals surface area contributed by atoms with Gasteiger partial charge in [0.25, 0.3) is 0 Å². The van der Waals surface area contributed by atoms with Crippen LogP contribution in [0.2, 0.25) is 0 Å². The van der Waals surface area contributed by atoms with Gasteiger partial charge in [0, 0.05) is 44.8 Å². The van der Waals surface area contributed by atoms with Gasteiger partial charge in [-0.25, -0.2) is 9.78 Å². The van der Waals surface area contributed by atoms with E-state index in [0.29, 0.717) is 12.4 Å². The first-order valence-electron chi connectivity index (χ1n) is 10.8. The highest BCUT2D eigenvalue weighted by Gasteiger charge is 2.20. The molecule has 31 heavy (non-hydrogen) atoms. The fourth-order valence-corrected chi connectivity index (χ4v) is 3.80. The number of nitrogens with two attached hydrogens (primary N) is 1. The molecule has 1 aliphatic heterocycles. The second-order valence-electron chi connectivity index (χ2n) is 7.87. The summed E-state index contributed by atoms with van der Waals surface area (Å²) in [5, 5.41) is 3.02. The number of rotatable bonds is 6. The van der Waals surface area contributed by atoms with E-state index in [1.165, 1.54) is 5.56 Å². The van der Waals surface area contributed by atoms with E-state index in [-0.39, 0.29) is 6.03 Å². The molecule has 0 bridgehead atoms. The molecule has 2 aromatic carbocycles. The summed E-state index contributed by atoms with van der Waals surface area (Å²) in [4.78, 5) is 21.1. The van der Waals surface area contributed by atoms with Crippen molar-refractivity contribution in [1.82, 2.24) is 20.1 Å². The summed E-state index contributed by atoms with van der Waals surface area (Å²) < 4.78 is 0. The van der Waals surface area contributed by atoms with Crippen molar-refractivity contribution in [2.75, 3.05) is 38.5 Å². The Morgan fingerprint density at radius 2 is 1.61 bits per heavy atom. The molecule has 0 atom stereocenters. The van der Waals surface area contributed by atoms with Gasteiger partial charge in [0.15, 0.2) is 0 Å². The monoisotopic (exact) mass is 415 g/mol. The number of urea groups is 1. The zero-order chi connectivity index (χ0) is 21.5. The molecule has 3 aromatic rings. The number of amides is 2. The molecule has 2 amide bonds. The van der Waals surface area contributed by atoms with Crippen LogP contribution in [-0.2, 0) is 13.0 Å². The van der Waals surface area contributed by atoms with Crippen LogP contribution < -0.4 is 11.1 Å². The van der Waals surface area contributed by atoms with Crippen LogP contribution in [0.5, 0.6) is 0 Å². The van der Waals surface area contributed by atoms with E-state index in [1.54, 1.807) is 6.07 Å². The van der Waals surface area contributed by atoms with E-state index >= 15 is 0 Å². The van der Waals surface area contributed by atoms with E-state index in [2.05, 4.69) is 39.5 Å². The number of hydrogen-bond donors (Lipinski definition) is 2. The maximum atomic E-state index is 12.4. The van der Waals surface area contributed by atoms with Crippen LogP contribution in [0.4, 0.5) is 10.6 Å². The number of piperazine rings is 1. The smallest absolute Gasteiger partial charge is 0.317 e. The second-order valence-corrected chi connectivity index (χ2v) is 7.87. The van der Waals surface area contributed by atoms with Gasteiger partial charge in [-0.05, 0) is 29.7 Å². The number of anilines is 1. The Hall–Kier alpha value is -3.38. The molecule has 0 radical (unpaired) electrons. The fourth-order valence-electron chi connectivity index (χ4n) is 3.80. The fraction of sp³-hybridized carbons (Fsp3) is 0.280. The Balaban J connectivity index is 1.20. The first-order valence-corrected chi connectivity index (χ1v) is 10.8. The largest absolute Gasteiger partial charge is 0.384 e. The molecule has 160 valence electrons. The van der Waals surface area contributed by atoms with Crippen LogP contribution in [0.3, 0.4) is 0 Å². The quantitative estimate of drug-likeness (QED) is 0.647. The van der Waals surface area contributed by atoms with Gasteiger partial charge in [-0.2, -0.15) is 0 Å². The molecule has 6 nitrogen and oxygen atoms in total. The summed E-state index contributed by atoms with van der Waals surface area (Å²) in [5.74, 6) is 0.537. The Bertz CT molecular complexity index is 982. The number of nitrogen functional groups attached to an aromatic ring is 1. The molecule has 0 spiro atoms. The number of benzene rings is 2. The lowest BCUT2D eigenvalue weighted by Gasteiger charge is -2.34. The zero-order valence-corrected chi connectivity index (χ0v) is 17.7. The summed E-state index contributed by atoms with van der Waals surface area (Å²) >= 11 is 0. The summed E-state index contributed by atoms with van der Waals surface area (Å²) in [6, 6.07) is 24.2. The predicted octanol–water partition coefficient (Wildman–Crippen LogP) is 3.40. The number of hydrogen-bond acceptors (Lipinski definition) is 4. The summed E-state index contributed by atoms with van der Waals surface area (Å²) in [5.41, 5.74) is 10.2. The average Bonchev–Trinajstić information content (AvgIpc) is 2.82. The van der Waals surface area contributed by atoms with Crippen molar-refractivity contribution in [2.45, 2.75) is 13.0 Å². The van der Waals surface area contributed by atoms with Crippen LogP contribution in [0.25, 0.3) is 11.3 Å². The summed E-state index contributed by atoms with van der Waals surface area (Å²) in [6.07, 6.45) is 0.991. The van der Waals surface area contributed by atoms with Crippen LogP contribution in [0.15, 0.2) is 72.8 Å². The van der Waals surface area contributed by atoms with Crippen LogP contribution in [0.1, 0.15) is 11.1 Å². The van der Waals surface area contributed by atoms with E-state index in [9.17, 15) is 4.79 Å². The Kier molecular flexibility index (Phi) is 6.79. The van der Waals surface area contributed by atoms with E-state index < -0.39 is 0 Å². The number of nitrogens with one attached hydrogen (secondary N) is 1. The predicted molar refractivity (Wildman–Crippen MR) is 124 cm³/mol. The highest BCUT2D eigenvalue weighted by molar-refractivity contribution is 5.74. The van der Waals surface area contributed by atoms with Crippen molar-refractivity contribution >= 4 is 11.8 Å². The zero-order valence-electron chi connectivity index (χ0n) is 17.7. The van der Waals surface area contributed by atoms with Crippen molar-refractivity contribution in [3.05, 3.63) is 83.9 Å². The molecule has 6 heteroatoms. The number of carbonyl (C=O) groups is 1. The van der Waals surface area contributed by atoms with Gasteiger partial charge < -0.3 is 16.0 Å². The molecule has 0 unspecified atom stereocenters. The molecular formula is C25H29N5O. The number of carbonyl (C=O) groups excluding carboxylic acids is 1. The Labute approximate surface area is 183 Å². The minimum Gasteiger partial charge on any atom is -0.384 e. The molecule has 1 aromatic heterocycles. The third kappa shape index (κ3) is 5.83. The topological polar surface area (TPSA) is 74.5 Å². The number of aromatic nitrogens is 1. The number of pyridine rings is 1. The van der Waals surface area contributed by atoms with Gasteiger partial charge in [-0.3, -0.25) is 4.90 Å². The van der Waals surface area contributed by atoms with E-state index in [4.69, 9.17) is 5.73 Å². The molecule has 4 rings (SSSR count). The Morgan fingerprint density at radius 1 is 0.871 bits per heavy atom. The van der Waals surface area contributed by atoms with Gasteiger partial charge in [-0.1, -0.05) is 60.7 Å². The van der Waals surface area contributed by atoms with Gasteiger partial charge in [0.1, 0.15) is 5.82 Å². The lowest BCUT2D eigenvalue weighted by Crippen LogP contribution is -2.51. The van der Waals surface area contributed by atoms with Crippen molar-refractivity contribution in [2.24, 2.45) is 0 Å². The van der Waals surface area contributed by atoms with E-state index in [0.717, 1.165) is 56.0 Å². The van der Waals surface area contributed by atoms with Gasteiger partial charge in [0.2, 0.25) is 0 Å². The third-order valence-electron chi connectivity index (χ3n) is 5.68. The normalized spacial score (nSPS) is 14.4. The standard InChI is InChI=1S/C25H29N5O/c26-24-8-4-7-23(28-24)22-11-9-20(10-12-22)13-14-29-15-17-30(18-16-29)25(31)27-19-21-5-2-1-3-6-21/h1-12H,13-19H2,(H2,26,28)(H,27,31). The molecule has 2 heterocycles. The van der Waals surface area contributed by atoms with Crippen molar-refractivity contribution in [3.8, 4) is 11.3 Å². The molecular weight excluding hydrogens is 386 g/mol. The lowest BCUT2D eigenvalue weighted by molar-refractivity contribution is 0.140. The minimum absolute atomic E-state index is 0.0225. The van der Waals surface area contributed by atoms with Crippen molar-refractivity contribution < 1.29 is 4.79 Å². The third-order valence-corrected chi connectivity index (χ3v) is 5.68. The molecule has 1 aliphatic rings. The van der Waals surface area contributed by atoms with Crippen LogP contribution in [0, 0.1) is 0 Å². The first-order chi connectivity index (χ1) is 15.2. The van der Waals surface area contributed by atoms with Crippen LogP contribution >= 0.6 is 0 Å². The average molecular weight is 416 g/mol. The minimum atomic E-state index is 0.0225. The van der Waals surface area contributed by atoms with Crippen molar-refractivity contribution in [1.29, 1.82) is 0 Å². The van der Waals surface area contributed by atoms with E-state index in [1.807, 2.05) is 47.4 Å². The molecule has 1 fully saturated rings. The SMILES string of the molecule is Nc1cccc(-c2ccc(CCN3CCN(C(=O)NCc4ccccc4)CC3)cc2)n1. The lowest BCUT2D eigenvalue weighted by atomic mass is 10.1. The van der Waals surface area contributed by atoms with Gasteiger partial charge in [-0.15, -0.1) is 0 Å². The molecule has 3 N–H and O–H groups in total. The summed E-state index contributed by atoms with van der Waals surface area (Å²) in [7, 11) is 0. The van der Waals surface area contributed by atoms with Gasteiger partial charge >= 0.3 is 6.03 Å². The maximum Gasteiger partial charge on any atom is 0.317 e. The van der Waals surface area contributed by atoms with Crippen LogP contribution in [-0.4, -0.2) is 53.5 Å². The number of nitrogens with zero attached hydrogens (tertiary/aromatic N) is 3. The second kappa shape index (κ2) is 10.1.